The summed E-state index contributed by atoms with van der Waals surface area (Å²) in [7, 11) is 1.87. The predicted octanol–water partition coefficient (Wildman–Crippen LogP) is 2.16. The molecule has 1 saturated carbocycles. The Morgan fingerprint density at radius 2 is 2.00 bits per heavy atom. The van der Waals surface area contributed by atoms with Gasteiger partial charge in [0.05, 0.1) is 0 Å². The number of hydrogen-bond donors (Lipinski definition) is 2. The Kier molecular flexibility index (Phi) is 6.89. The van der Waals surface area contributed by atoms with E-state index in [1.807, 2.05) is 13.1 Å². The fraction of sp³-hybridized carbons (Fsp3) is 0.533. The van der Waals surface area contributed by atoms with E-state index in [0.29, 0.717) is 18.4 Å². The molecule has 1 fully saturated rings. The predicted molar refractivity (Wildman–Crippen MR) is 80.6 cm³/mol. The van der Waals surface area contributed by atoms with Crippen molar-refractivity contribution in [2.45, 2.75) is 31.7 Å². The second kappa shape index (κ2) is 8.18. The van der Waals surface area contributed by atoms with E-state index in [1.165, 1.54) is 18.4 Å². The SMILES string of the molecule is CNCCC(=O)NC(Cc1ccccc1)C1CC1.Cl. The quantitative estimate of drug-likeness (QED) is 0.805. The average Bonchev–Trinajstić information content (AvgIpc) is 3.21. The van der Waals surface area contributed by atoms with Crippen molar-refractivity contribution in [1.82, 2.24) is 10.6 Å². The number of amides is 1. The number of halogens is 1. The molecule has 1 aromatic rings. The van der Waals surface area contributed by atoms with E-state index in [1.54, 1.807) is 0 Å². The van der Waals surface area contributed by atoms with Crippen LogP contribution in [0.15, 0.2) is 30.3 Å². The first kappa shape index (κ1) is 16.0. The van der Waals surface area contributed by atoms with Crippen molar-refractivity contribution in [3.63, 3.8) is 0 Å². The van der Waals surface area contributed by atoms with Crippen molar-refractivity contribution >= 4 is 18.3 Å². The second-order valence-corrected chi connectivity index (χ2v) is 5.05. The fourth-order valence-corrected chi connectivity index (χ4v) is 2.22. The van der Waals surface area contributed by atoms with Gasteiger partial charge in [-0.05, 0) is 37.8 Å². The Morgan fingerprint density at radius 3 is 2.58 bits per heavy atom. The van der Waals surface area contributed by atoms with Gasteiger partial charge in [-0.15, -0.1) is 12.4 Å². The third-order valence-electron chi connectivity index (χ3n) is 3.44. The van der Waals surface area contributed by atoms with Crippen molar-refractivity contribution in [2.75, 3.05) is 13.6 Å². The van der Waals surface area contributed by atoms with E-state index in [0.717, 1.165) is 13.0 Å². The third-order valence-corrected chi connectivity index (χ3v) is 3.44. The summed E-state index contributed by atoms with van der Waals surface area (Å²) in [4.78, 5) is 11.8. The van der Waals surface area contributed by atoms with E-state index < -0.39 is 0 Å². The highest BCUT2D eigenvalue weighted by atomic mass is 35.5. The zero-order valence-corrected chi connectivity index (χ0v) is 12.2. The van der Waals surface area contributed by atoms with Crippen molar-refractivity contribution in [3.05, 3.63) is 35.9 Å². The highest BCUT2D eigenvalue weighted by molar-refractivity contribution is 5.85. The number of carbonyl (C=O) groups is 1. The summed E-state index contributed by atoms with van der Waals surface area (Å²) >= 11 is 0. The number of benzene rings is 1. The molecule has 0 aliphatic heterocycles. The Hall–Kier alpha value is -1.06. The fourth-order valence-electron chi connectivity index (χ4n) is 2.22. The van der Waals surface area contributed by atoms with Crippen LogP contribution in [-0.4, -0.2) is 25.5 Å². The Labute approximate surface area is 121 Å². The maximum Gasteiger partial charge on any atom is 0.221 e. The number of rotatable bonds is 7. The smallest absolute Gasteiger partial charge is 0.221 e. The maximum atomic E-state index is 11.8. The molecule has 0 radical (unpaired) electrons. The van der Waals surface area contributed by atoms with Gasteiger partial charge in [0.2, 0.25) is 5.91 Å². The highest BCUT2D eigenvalue weighted by Crippen LogP contribution is 2.34. The van der Waals surface area contributed by atoms with Gasteiger partial charge in [0.15, 0.2) is 0 Å². The van der Waals surface area contributed by atoms with Gasteiger partial charge in [-0.25, -0.2) is 0 Å². The zero-order valence-electron chi connectivity index (χ0n) is 11.4. The van der Waals surface area contributed by atoms with Crippen LogP contribution in [0.4, 0.5) is 0 Å². The van der Waals surface area contributed by atoms with Crippen LogP contribution in [0.1, 0.15) is 24.8 Å². The molecule has 1 aliphatic carbocycles. The molecule has 0 heterocycles. The molecule has 1 unspecified atom stereocenters. The van der Waals surface area contributed by atoms with E-state index >= 15 is 0 Å². The third kappa shape index (κ3) is 5.62. The molecule has 1 aliphatic rings. The van der Waals surface area contributed by atoms with E-state index in [4.69, 9.17) is 0 Å². The summed E-state index contributed by atoms with van der Waals surface area (Å²) in [5.74, 6) is 0.848. The molecule has 1 atom stereocenters. The van der Waals surface area contributed by atoms with Gasteiger partial charge in [-0.3, -0.25) is 4.79 Å². The molecule has 0 spiro atoms. The van der Waals surface area contributed by atoms with E-state index in [9.17, 15) is 4.79 Å². The number of carbonyl (C=O) groups excluding carboxylic acids is 1. The van der Waals surface area contributed by atoms with Gasteiger partial charge in [0, 0.05) is 19.0 Å². The minimum atomic E-state index is 0. The minimum Gasteiger partial charge on any atom is -0.353 e. The van der Waals surface area contributed by atoms with Gasteiger partial charge >= 0.3 is 0 Å². The van der Waals surface area contributed by atoms with Crippen LogP contribution in [0.25, 0.3) is 0 Å². The van der Waals surface area contributed by atoms with Crippen molar-refractivity contribution in [2.24, 2.45) is 5.92 Å². The highest BCUT2D eigenvalue weighted by Gasteiger charge is 2.32. The van der Waals surface area contributed by atoms with E-state index in [-0.39, 0.29) is 18.3 Å². The molecule has 0 aromatic heterocycles. The molecular formula is C15H23ClN2O. The largest absolute Gasteiger partial charge is 0.353 e. The molecular weight excluding hydrogens is 260 g/mol. The van der Waals surface area contributed by atoms with Crippen LogP contribution in [-0.2, 0) is 11.2 Å². The minimum absolute atomic E-state index is 0. The topological polar surface area (TPSA) is 41.1 Å². The summed E-state index contributed by atoms with van der Waals surface area (Å²) in [6, 6.07) is 10.7. The number of hydrogen-bond acceptors (Lipinski definition) is 2. The number of nitrogens with one attached hydrogen (secondary N) is 2. The van der Waals surface area contributed by atoms with E-state index in [2.05, 4.69) is 34.9 Å². The molecule has 19 heavy (non-hydrogen) atoms. The maximum absolute atomic E-state index is 11.8. The lowest BCUT2D eigenvalue weighted by molar-refractivity contribution is -0.121. The first-order chi connectivity index (χ1) is 8.79. The standard InChI is InChI=1S/C15H22N2O.ClH/c1-16-10-9-15(18)17-14(13-7-8-13)11-12-5-3-2-4-6-12;/h2-6,13-14,16H,7-11H2,1H3,(H,17,18);1H. The first-order valence-corrected chi connectivity index (χ1v) is 6.77. The van der Waals surface area contributed by atoms with Gasteiger partial charge < -0.3 is 10.6 Å². The summed E-state index contributed by atoms with van der Waals surface area (Å²) in [6.45, 7) is 0.745. The normalized spacial score (nSPS) is 15.4. The molecule has 2 rings (SSSR count). The molecule has 106 valence electrons. The van der Waals surface area contributed by atoms with Crippen LogP contribution in [0.2, 0.25) is 0 Å². The van der Waals surface area contributed by atoms with Crippen LogP contribution in [0.3, 0.4) is 0 Å². The summed E-state index contributed by atoms with van der Waals surface area (Å²) < 4.78 is 0. The summed E-state index contributed by atoms with van der Waals surface area (Å²) in [5, 5.41) is 6.19. The zero-order chi connectivity index (χ0) is 12.8. The van der Waals surface area contributed by atoms with Gasteiger partial charge in [0.25, 0.3) is 0 Å². The lowest BCUT2D eigenvalue weighted by atomic mass is 10.0. The second-order valence-electron chi connectivity index (χ2n) is 5.05. The van der Waals surface area contributed by atoms with Crippen LogP contribution < -0.4 is 10.6 Å². The Balaban J connectivity index is 0.00000180. The first-order valence-electron chi connectivity index (χ1n) is 6.77. The Bertz CT molecular complexity index is 379. The summed E-state index contributed by atoms with van der Waals surface area (Å²) in [5.41, 5.74) is 1.31. The molecule has 0 bridgehead atoms. The Morgan fingerprint density at radius 1 is 1.32 bits per heavy atom. The van der Waals surface area contributed by atoms with Gasteiger partial charge in [0.1, 0.15) is 0 Å². The van der Waals surface area contributed by atoms with Gasteiger partial charge in [-0.2, -0.15) is 0 Å². The molecule has 1 amide bonds. The molecule has 4 heteroatoms. The van der Waals surface area contributed by atoms with Gasteiger partial charge in [-0.1, -0.05) is 30.3 Å². The molecule has 1 aromatic carbocycles. The average molecular weight is 283 g/mol. The monoisotopic (exact) mass is 282 g/mol. The van der Waals surface area contributed by atoms with Crippen molar-refractivity contribution in [3.8, 4) is 0 Å². The van der Waals surface area contributed by atoms with Crippen LogP contribution in [0, 0.1) is 5.92 Å². The van der Waals surface area contributed by atoms with Crippen LogP contribution >= 0.6 is 12.4 Å². The van der Waals surface area contributed by atoms with Crippen molar-refractivity contribution in [1.29, 1.82) is 0 Å². The molecule has 2 N–H and O–H groups in total. The van der Waals surface area contributed by atoms with Crippen molar-refractivity contribution < 1.29 is 4.79 Å². The molecule has 0 saturated heterocycles. The van der Waals surface area contributed by atoms with Crippen LogP contribution in [0.5, 0.6) is 0 Å². The lowest BCUT2D eigenvalue weighted by Crippen LogP contribution is -2.39. The lowest BCUT2D eigenvalue weighted by Gasteiger charge is -2.18. The molecule has 3 nitrogen and oxygen atoms in total. The summed E-state index contributed by atoms with van der Waals surface area (Å²) in [6.07, 6.45) is 4.03.